The maximum Gasteiger partial charge on any atom is 0.244 e. The quantitative estimate of drug-likeness (QED) is 0.332. The van der Waals surface area contributed by atoms with Crippen molar-refractivity contribution in [2.75, 3.05) is 17.1 Å². The van der Waals surface area contributed by atoms with E-state index in [-0.39, 0.29) is 34.3 Å². The fraction of sp³-hybridized carbons (Fsp3) is 0.310. The van der Waals surface area contributed by atoms with Gasteiger partial charge in [-0.25, -0.2) is 12.8 Å². The first-order valence-electron chi connectivity index (χ1n) is 12.5. The lowest BCUT2D eigenvalue weighted by Crippen LogP contribution is -2.56. The van der Waals surface area contributed by atoms with E-state index in [1.807, 2.05) is 51.1 Å². The average molecular weight is 609 g/mol. The molecule has 3 aromatic rings. The number of benzene rings is 3. The van der Waals surface area contributed by atoms with Crippen LogP contribution in [0.25, 0.3) is 0 Å². The zero-order valence-electron chi connectivity index (χ0n) is 22.7. The molecule has 7 nitrogen and oxygen atoms in total. The minimum absolute atomic E-state index is 0.106. The van der Waals surface area contributed by atoms with E-state index in [1.165, 1.54) is 41.3 Å². The van der Waals surface area contributed by atoms with E-state index >= 15 is 0 Å². The van der Waals surface area contributed by atoms with Gasteiger partial charge in [-0.05, 0) is 50.6 Å². The molecule has 40 heavy (non-hydrogen) atoms. The molecule has 0 aliphatic heterocycles. The number of sulfonamides is 1. The number of amides is 2. The van der Waals surface area contributed by atoms with Gasteiger partial charge in [-0.1, -0.05) is 71.7 Å². The number of halogens is 3. The molecule has 0 saturated heterocycles. The van der Waals surface area contributed by atoms with E-state index in [2.05, 4.69) is 5.32 Å². The SMILES string of the molecule is CC(C)(C)NC(=O)[C@H](Cc1ccccc1)N(Cc1ccccc1F)C(=O)CN(c1ccc(Cl)c(Cl)c1)S(C)(=O)=O. The first kappa shape index (κ1) is 31.4. The summed E-state index contributed by atoms with van der Waals surface area (Å²) < 4.78 is 41.3. The lowest BCUT2D eigenvalue weighted by Gasteiger charge is -2.35. The van der Waals surface area contributed by atoms with E-state index in [0.717, 1.165) is 16.1 Å². The Hall–Kier alpha value is -3.14. The van der Waals surface area contributed by atoms with Crippen LogP contribution in [0.3, 0.4) is 0 Å². The molecular weight excluding hydrogens is 576 g/mol. The Kier molecular flexibility index (Phi) is 10.2. The fourth-order valence-electron chi connectivity index (χ4n) is 4.07. The topological polar surface area (TPSA) is 86.8 Å². The second kappa shape index (κ2) is 13.0. The zero-order valence-corrected chi connectivity index (χ0v) is 25.0. The minimum Gasteiger partial charge on any atom is -0.350 e. The maximum atomic E-state index is 14.8. The molecule has 0 heterocycles. The van der Waals surface area contributed by atoms with Crippen molar-refractivity contribution in [1.82, 2.24) is 10.2 Å². The molecule has 0 bridgehead atoms. The van der Waals surface area contributed by atoms with Gasteiger partial charge >= 0.3 is 0 Å². The third-order valence-corrected chi connectivity index (χ3v) is 7.82. The van der Waals surface area contributed by atoms with Crippen LogP contribution in [-0.2, 0) is 32.6 Å². The standard InChI is InChI=1S/C29H32Cl2FN3O4S/c1-29(2,3)33-28(37)26(16-20-10-6-5-7-11-20)34(18-21-12-8-9-13-25(21)32)27(36)19-35(40(4,38)39)22-14-15-23(30)24(31)17-22/h5-15,17,26H,16,18-19H2,1-4H3,(H,33,37)/t26-/m0/s1. The van der Waals surface area contributed by atoms with Crippen LogP contribution in [0.2, 0.25) is 10.0 Å². The van der Waals surface area contributed by atoms with Crippen molar-refractivity contribution >= 4 is 50.7 Å². The van der Waals surface area contributed by atoms with Gasteiger partial charge < -0.3 is 10.2 Å². The van der Waals surface area contributed by atoms with Crippen molar-refractivity contribution < 1.29 is 22.4 Å². The van der Waals surface area contributed by atoms with E-state index < -0.39 is 45.8 Å². The molecule has 0 spiro atoms. The van der Waals surface area contributed by atoms with Gasteiger partial charge in [0.25, 0.3) is 0 Å². The Morgan fingerprint density at radius 3 is 2.15 bits per heavy atom. The molecule has 0 aliphatic carbocycles. The summed E-state index contributed by atoms with van der Waals surface area (Å²) in [4.78, 5) is 28.9. The van der Waals surface area contributed by atoms with E-state index in [9.17, 15) is 22.4 Å². The van der Waals surface area contributed by atoms with Crippen LogP contribution in [0, 0.1) is 5.82 Å². The van der Waals surface area contributed by atoms with Gasteiger partial charge in [0, 0.05) is 24.1 Å². The van der Waals surface area contributed by atoms with Crippen molar-refractivity contribution in [2.45, 2.75) is 45.3 Å². The molecule has 3 aromatic carbocycles. The number of nitrogens with zero attached hydrogens (tertiary/aromatic N) is 2. The first-order chi connectivity index (χ1) is 18.7. The molecule has 0 aliphatic rings. The van der Waals surface area contributed by atoms with Crippen molar-refractivity contribution in [3.63, 3.8) is 0 Å². The van der Waals surface area contributed by atoms with E-state index in [0.29, 0.717) is 0 Å². The van der Waals surface area contributed by atoms with Crippen molar-refractivity contribution in [1.29, 1.82) is 0 Å². The lowest BCUT2D eigenvalue weighted by atomic mass is 10.0. The Morgan fingerprint density at radius 1 is 0.950 bits per heavy atom. The highest BCUT2D eigenvalue weighted by molar-refractivity contribution is 7.92. The molecule has 0 saturated carbocycles. The van der Waals surface area contributed by atoms with Gasteiger partial charge in [-0.15, -0.1) is 0 Å². The number of anilines is 1. The molecule has 11 heteroatoms. The van der Waals surface area contributed by atoms with Crippen LogP contribution in [0.1, 0.15) is 31.9 Å². The predicted molar refractivity (Wildman–Crippen MR) is 157 cm³/mol. The number of carbonyl (C=O) groups excluding carboxylic acids is 2. The Balaban J connectivity index is 2.10. The molecular formula is C29H32Cl2FN3O4S. The van der Waals surface area contributed by atoms with Gasteiger partial charge in [-0.2, -0.15) is 0 Å². The first-order valence-corrected chi connectivity index (χ1v) is 15.1. The molecule has 2 amide bonds. The van der Waals surface area contributed by atoms with Crippen molar-refractivity contribution in [3.05, 3.63) is 99.8 Å². The highest BCUT2D eigenvalue weighted by atomic mass is 35.5. The monoisotopic (exact) mass is 607 g/mol. The number of hydrogen-bond acceptors (Lipinski definition) is 4. The third-order valence-electron chi connectivity index (χ3n) is 5.94. The average Bonchev–Trinajstić information content (AvgIpc) is 2.86. The normalized spacial score (nSPS) is 12.5. The summed E-state index contributed by atoms with van der Waals surface area (Å²) >= 11 is 12.1. The Morgan fingerprint density at radius 2 is 1.57 bits per heavy atom. The molecule has 3 rings (SSSR count). The number of rotatable bonds is 10. The van der Waals surface area contributed by atoms with Gasteiger partial charge in [0.1, 0.15) is 18.4 Å². The summed E-state index contributed by atoms with van der Waals surface area (Å²) in [6, 6.07) is 18.1. The van der Waals surface area contributed by atoms with Gasteiger partial charge in [-0.3, -0.25) is 13.9 Å². The fourth-order valence-corrected chi connectivity index (χ4v) is 5.20. The van der Waals surface area contributed by atoms with Crippen molar-refractivity contribution in [2.24, 2.45) is 0 Å². The summed E-state index contributed by atoms with van der Waals surface area (Å²) in [7, 11) is -3.98. The summed E-state index contributed by atoms with van der Waals surface area (Å²) in [6.45, 7) is 4.51. The molecule has 1 N–H and O–H groups in total. The highest BCUT2D eigenvalue weighted by Crippen LogP contribution is 2.29. The Labute approximate surface area is 244 Å². The van der Waals surface area contributed by atoms with Crippen LogP contribution in [0.5, 0.6) is 0 Å². The van der Waals surface area contributed by atoms with Crippen molar-refractivity contribution in [3.8, 4) is 0 Å². The maximum absolute atomic E-state index is 14.8. The molecule has 0 radical (unpaired) electrons. The third kappa shape index (κ3) is 8.68. The molecule has 214 valence electrons. The summed E-state index contributed by atoms with van der Waals surface area (Å²) in [6.07, 6.45) is 1.08. The van der Waals surface area contributed by atoms with Crippen LogP contribution < -0.4 is 9.62 Å². The number of nitrogens with one attached hydrogen (secondary N) is 1. The largest absolute Gasteiger partial charge is 0.350 e. The minimum atomic E-state index is -3.98. The van der Waals surface area contributed by atoms with Crippen LogP contribution in [0.15, 0.2) is 72.8 Å². The highest BCUT2D eigenvalue weighted by Gasteiger charge is 2.34. The molecule has 0 aromatic heterocycles. The summed E-state index contributed by atoms with van der Waals surface area (Å²) in [5.74, 6) is -1.72. The predicted octanol–water partition coefficient (Wildman–Crippen LogP) is 5.45. The van der Waals surface area contributed by atoms with E-state index in [4.69, 9.17) is 23.2 Å². The second-order valence-electron chi connectivity index (χ2n) is 10.4. The number of hydrogen-bond donors (Lipinski definition) is 1. The smallest absolute Gasteiger partial charge is 0.244 e. The molecule has 1 atom stereocenters. The number of carbonyl (C=O) groups is 2. The van der Waals surface area contributed by atoms with E-state index in [1.54, 1.807) is 6.07 Å². The van der Waals surface area contributed by atoms with Gasteiger partial charge in [0.05, 0.1) is 22.0 Å². The van der Waals surface area contributed by atoms with Gasteiger partial charge in [0.2, 0.25) is 21.8 Å². The van der Waals surface area contributed by atoms with Crippen LogP contribution >= 0.6 is 23.2 Å². The molecule has 0 unspecified atom stereocenters. The second-order valence-corrected chi connectivity index (χ2v) is 13.1. The lowest BCUT2D eigenvalue weighted by molar-refractivity contribution is -0.140. The molecule has 0 fully saturated rings. The zero-order chi connectivity index (χ0) is 29.7. The Bertz CT molecular complexity index is 1460. The summed E-state index contributed by atoms with van der Waals surface area (Å²) in [5.41, 5.74) is 0.442. The van der Waals surface area contributed by atoms with Crippen LogP contribution in [-0.4, -0.2) is 49.5 Å². The van der Waals surface area contributed by atoms with Crippen LogP contribution in [0.4, 0.5) is 10.1 Å². The summed E-state index contributed by atoms with van der Waals surface area (Å²) in [5, 5.41) is 3.24. The van der Waals surface area contributed by atoms with Gasteiger partial charge in [0.15, 0.2) is 0 Å².